The molecule has 2 aliphatic rings. The number of unbranched alkanes of at least 4 members (excludes halogenated alkanes) is 1. The van der Waals surface area contributed by atoms with Crippen molar-refractivity contribution in [1.82, 2.24) is 4.90 Å². The van der Waals surface area contributed by atoms with Crippen molar-refractivity contribution in [2.24, 2.45) is 0 Å². The molecule has 3 rings (SSSR count). The molecular weight excluding hydrogens is 302 g/mol. The van der Waals surface area contributed by atoms with Crippen molar-refractivity contribution in [2.45, 2.75) is 51.0 Å². The van der Waals surface area contributed by atoms with Crippen LogP contribution in [0, 0.1) is 0 Å². The lowest BCUT2D eigenvalue weighted by atomic mass is 9.78. The van der Waals surface area contributed by atoms with Crippen molar-refractivity contribution in [3.63, 3.8) is 0 Å². The number of rotatable bonds is 5. The molecule has 4 nitrogen and oxygen atoms in total. The van der Waals surface area contributed by atoms with Gasteiger partial charge in [-0.15, -0.1) is 0 Å². The Labute approximate surface area is 143 Å². The molecular formula is C20H25NO3. The lowest BCUT2D eigenvalue weighted by Crippen LogP contribution is -2.49. The summed E-state index contributed by atoms with van der Waals surface area (Å²) in [5.74, 6) is -0.593. The Hall–Kier alpha value is -2.10. The van der Waals surface area contributed by atoms with Gasteiger partial charge < -0.3 is 9.64 Å². The minimum Gasteiger partial charge on any atom is -0.465 e. The molecule has 0 saturated carbocycles. The van der Waals surface area contributed by atoms with Crippen LogP contribution in [0.5, 0.6) is 0 Å². The van der Waals surface area contributed by atoms with E-state index < -0.39 is 5.97 Å². The Bertz CT molecular complexity index is 665. The highest BCUT2D eigenvalue weighted by Crippen LogP contribution is 2.47. The van der Waals surface area contributed by atoms with Crippen LogP contribution >= 0.6 is 0 Å². The Kier molecular flexibility index (Phi) is 4.74. The van der Waals surface area contributed by atoms with Gasteiger partial charge in [-0.05, 0) is 24.8 Å². The molecule has 128 valence electrons. The van der Waals surface area contributed by atoms with Crippen molar-refractivity contribution in [3.05, 3.63) is 41.5 Å². The van der Waals surface area contributed by atoms with Crippen molar-refractivity contribution in [2.75, 3.05) is 13.7 Å². The first kappa shape index (κ1) is 16.7. The summed E-state index contributed by atoms with van der Waals surface area (Å²) in [4.78, 5) is 27.6. The second-order valence-electron chi connectivity index (χ2n) is 6.76. The number of nitrogens with zero attached hydrogens (tertiary/aromatic N) is 1. The van der Waals surface area contributed by atoms with Crippen LogP contribution in [0.15, 0.2) is 35.9 Å². The SMILES string of the molecule is CCCC[C@]12CCCN1C(c1ccccc1)=C(C(=O)OC)C(=O)C2. The molecule has 0 bridgehead atoms. The smallest absolute Gasteiger partial charge is 0.343 e. The van der Waals surface area contributed by atoms with E-state index in [0.717, 1.165) is 49.9 Å². The molecule has 2 heterocycles. The molecule has 0 aromatic heterocycles. The molecule has 1 saturated heterocycles. The van der Waals surface area contributed by atoms with E-state index in [-0.39, 0.29) is 16.9 Å². The van der Waals surface area contributed by atoms with Crippen LogP contribution < -0.4 is 0 Å². The number of ketones is 1. The summed E-state index contributed by atoms with van der Waals surface area (Å²) in [6.45, 7) is 3.07. The van der Waals surface area contributed by atoms with Gasteiger partial charge in [0.05, 0.1) is 12.8 Å². The number of esters is 1. The van der Waals surface area contributed by atoms with Gasteiger partial charge in [0.25, 0.3) is 0 Å². The minimum atomic E-state index is -0.519. The van der Waals surface area contributed by atoms with Crippen LogP contribution in [0.2, 0.25) is 0 Å². The lowest BCUT2D eigenvalue weighted by molar-refractivity contribution is -0.138. The van der Waals surface area contributed by atoms with E-state index in [1.807, 2.05) is 30.3 Å². The molecule has 2 aliphatic heterocycles. The van der Waals surface area contributed by atoms with Gasteiger partial charge >= 0.3 is 5.97 Å². The Morgan fingerprint density at radius 1 is 1.29 bits per heavy atom. The first-order valence-corrected chi connectivity index (χ1v) is 8.82. The molecule has 24 heavy (non-hydrogen) atoms. The summed E-state index contributed by atoms with van der Waals surface area (Å²) in [5, 5.41) is 0. The fraction of sp³-hybridized carbons (Fsp3) is 0.500. The third kappa shape index (κ3) is 2.74. The van der Waals surface area contributed by atoms with Gasteiger partial charge in [0, 0.05) is 18.5 Å². The van der Waals surface area contributed by atoms with Crippen LogP contribution in [-0.2, 0) is 14.3 Å². The van der Waals surface area contributed by atoms with Crippen molar-refractivity contribution in [3.8, 4) is 0 Å². The monoisotopic (exact) mass is 327 g/mol. The second-order valence-corrected chi connectivity index (χ2v) is 6.76. The molecule has 1 aromatic carbocycles. The second kappa shape index (κ2) is 6.80. The zero-order valence-electron chi connectivity index (χ0n) is 14.5. The summed E-state index contributed by atoms with van der Waals surface area (Å²) in [6.07, 6.45) is 5.70. The highest BCUT2D eigenvalue weighted by atomic mass is 16.5. The van der Waals surface area contributed by atoms with E-state index in [1.165, 1.54) is 7.11 Å². The molecule has 0 amide bonds. The van der Waals surface area contributed by atoms with Crippen LogP contribution in [0.3, 0.4) is 0 Å². The maximum absolute atomic E-state index is 12.9. The highest BCUT2D eigenvalue weighted by molar-refractivity contribution is 6.23. The quantitative estimate of drug-likeness (QED) is 0.613. The third-order valence-electron chi connectivity index (χ3n) is 5.30. The number of ether oxygens (including phenoxy) is 1. The number of hydrogen-bond donors (Lipinski definition) is 0. The molecule has 0 radical (unpaired) electrons. The Morgan fingerprint density at radius 2 is 2.04 bits per heavy atom. The van der Waals surface area contributed by atoms with Crippen molar-refractivity contribution >= 4 is 17.4 Å². The van der Waals surface area contributed by atoms with Gasteiger partial charge in [-0.1, -0.05) is 50.1 Å². The number of carbonyl (C=O) groups excluding carboxylic acids is 2. The molecule has 1 fully saturated rings. The maximum Gasteiger partial charge on any atom is 0.343 e. The number of Topliss-reactive ketones (excluding diaryl/α,β-unsaturated/α-hetero) is 1. The summed E-state index contributed by atoms with van der Waals surface area (Å²) in [6, 6.07) is 9.78. The van der Waals surface area contributed by atoms with E-state index in [1.54, 1.807) is 0 Å². The van der Waals surface area contributed by atoms with Crippen LogP contribution in [-0.4, -0.2) is 35.8 Å². The Morgan fingerprint density at radius 3 is 2.71 bits per heavy atom. The van der Waals surface area contributed by atoms with Crippen molar-refractivity contribution < 1.29 is 14.3 Å². The van der Waals surface area contributed by atoms with Crippen LogP contribution in [0.4, 0.5) is 0 Å². The minimum absolute atomic E-state index is 0.0741. The summed E-state index contributed by atoms with van der Waals surface area (Å²) >= 11 is 0. The number of carbonyl (C=O) groups is 2. The molecule has 4 heteroatoms. The first-order valence-electron chi connectivity index (χ1n) is 8.82. The number of hydrogen-bond acceptors (Lipinski definition) is 4. The summed E-state index contributed by atoms with van der Waals surface area (Å²) in [7, 11) is 1.34. The fourth-order valence-electron chi connectivity index (χ4n) is 4.19. The standard InChI is InChI=1S/C20H25NO3/c1-3-4-11-20-12-8-13-21(20)18(15-9-6-5-7-10-15)17(16(22)14-20)19(23)24-2/h5-7,9-10H,3-4,8,11-14H2,1-2H3/t20-/m1/s1. The van der Waals surface area contributed by atoms with Crippen molar-refractivity contribution in [1.29, 1.82) is 0 Å². The fourth-order valence-corrected chi connectivity index (χ4v) is 4.19. The average Bonchev–Trinajstić information content (AvgIpc) is 3.02. The van der Waals surface area contributed by atoms with Crippen LogP contribution in [0.1, 0.15) is 51.0 Å². The van der Waals surface area contributed by atoms with Gasteiger partial charge in [0.1, 0.15) is 5.57 Å². The van der Waals surface area contributed by atoms with Gasteiger partial charge in [0.2, 0.25) is 0 Å². The molecule has 0 aliphatic carbocycles. The van der Waals surface area contributed by atoms with Gasteiger partial charge in [-0.25, -0.2) is 4.79 Å². The predicted molar refractivity (Wildman–Crippen MR) is 93.2 cm³/mol. The number of fused-ring (bicyclic) bond motifs is 1. The van der Waals surface area contributed by atoms with E-state index in [2.05, 4.69) is 11.8 Å². The normalized spacial score (nSPS) is 23.4. The largest absolute Gasteiger partial charge is 0.465 e. The summed E-state index contributed by atoms with van der Waals surface area (Å²) in [5.41, 5.74) is 1.79. The molecule has 0 spiro atoms. The first-order chi connectivity index (χ1) is 11.6. The molecule has 0 N–H and O–H groups in total. The van der Waals surface area contributed by atoms with Gasteiger partial charge in [0.15, 0.2) is 5.78 Å². The number of benzene rings is 1. The zero-order chi connectivity index (χ0) is 17.2. The maximum atomic E-state index is 12.9. The summed E-state index contributed by atoms with van der Waals surface area (Å²) < 4.78 is 4.93. The lowest BCUT2D eigenvalue weighted by Gasteiger charge is -2.45. The Balaban J connectivity index is 2.15. The number of methoxy groups -OCH3 is 1. The molecule has 0 unspecified atom stereocenters. The van der Waals surface area contributed by atoms with E-state index in [0.29, 0.717) is 6.42 Å². The highest BCUT2D eigenvalue weighted by Gasteiger charge is 2.49. The molecule has 1 atom stereocenters. The average molecular weight is 327 g/mol. The third-order valence-corrected chi connectivity index (χ3v) is 5.30. The van der Waals surface area contributed by atoms with E-state index in [4.69, 9.17) is 4.74 Å². The van der Waals surface area contributed by atoms with E-state index >= 15 is 0 Å². The predicted octanol–water partition coefficient (Wildman–Crippen LogP) is 3.57. The zero-order valence-corrected chi connectivity index (χ0v) is 14.5. The topological polar surface area (TPSA) is 46.6 Å². The van der Waals surface area contributed by atoms with Crippen LogP contribution in [0.25, 0.3) is 5.70 Å². The van der Waals surface area contributed by atoms with E-state index in [9.17, 15) is 9.59 Å². The van der Waals surface area contributed by atoms with Gasteiger partial charge in [-0.3, -0.25) is 4.79 Å². The van der Waals surface area contributed by atoms with Gasteiger partial charge in [-0.2, -0.15) is 0 Å². The molecule has 1 aromatic rings.